The first-order chi connectivity index (χ1) is 11.7. The van der Waals surface area contributed by atoms with Gasteiger partial charge in [-0.1, -0.05) is 72.5 Å². The molecule has 1 fully saturated rings. The zero-order chi connectivity index (χ0) is 16.8. The highest BCUT2D eigenvalue weighted by Gasteiger charge is 2.29. The number of nitrogens with one attached hydrogen (secondary N) is 1. The molecule has 0 heterocycles. The Labute approximate surface area is 150 Å². The fourth-order valence-electron chi connectivity index (χ4n) is 3.25. The SMILES string of the molecule is Cc1ccc(C#CC2(NCc3cccc(Cl)c3)CCCCC2)cc1. The number of aryl methyl sites for hydroxylation is 1. The minimum Gasteiger partial charge on any atom is -0.297 e. The van der Waals surface area contributed by atoms with E-state index < -0.39 is 0 Å². The summed E-state index contributed by atoms with van der Waals surface area (Å²) in [5.74, 6) is 6.95. The van der Waals surface area contributed by atoms with Gasteiger partial charge in [0.05, 0.1) is 5.54 Å². The number of hydrogen-bond acceptors (Lipinski definition) is 1. The quantitative estimate of drug-likeness (QED) is 0.730. The minimum absolute atomic E-state index is 0.0779. The second kappa shape index (κ2) is 7.88. The summed E-state index contributed by atoms with van der Waals surface area (Å²) in [6, 6.07) is 16.5. The van der Waals surface area contributed by atoms with Crippen LogP contribution < -0.4 is 5.32 Å². The first kappa shape index (κ1) is 17.1. The maximum Gasteiger partial charge on any atom is 0.0807 e. The fourth-order valence-corrected chi connectivity index (χ4v) is 3.46. The Morgan fingerprint density at radius 1 is 1.04 bits per heavy atom. The standard InChI is InChI=1S/C22H24ClN/c1-18-8-10-19(11-9-18)12-15-22(13-3-2-4-14-22)24-17-20-6-5-7-21(23)16-20/h5-11,16,24H,2-4,13-14,17H2,1H3. The van der Waals surface area contributed by atoms with E-state index in [0.717, 1.165) is 30.0 Å². The average molecular weight is 338 g/mol. The van der Waals surface area contributed by atoms with Gasteiger partial charge in [0.1, 0.15) is 0 Å². The van der Waals surface area contributed by atoms with E-state index in [4.69, 9.17) is 11.6 Å². The predicted molar refractivity (Wildman–Crippen MR) is 102 cm³/mol. The molecule has 1 saturated carbocycles. The maximum absolute atomic E-state index is 6.10. The van der Waals surface area contributed by atoms with Crippen LogP contribution in [0.5, 0.6) is 0 Å². The van der Waals surface area contributed by atoms with E-state index in [1.165, 1.54) is 30.4 Å². The molecule has 24 heavy (non-hydrogen) atoms. The highest BCUT2D eigenvalue weighted by Crippen LogP contribution is 2.28. The van der Waals surface area contributed by atoms with Crippen molar-refractivity contribution in [2.45, 2.75) is 51.1 Å². The van der Waals surface area contributed by atoms with Crippen molar-refractivity contribution in [2.24, 2.45) is 0 Å². The molecule has 3 rings (SSSR count). The molecule has 0 saturated heterocycles. The van der Waals surface area contributed by atoms with Crippen molar-refractivity contribution < 1.29 is 0 Å². The van der Waals surface area contributed by atoms with E-state index in [0.29, 0.717) is 0 Å². The van der Waals surface area contributed by atoms with Gasteiger partial charge < -0.3 is 0 Å². The van der Waals surface area contributed by atoms with Crippen LogP contribution in [0, 0.1) is 18.8 Å². The summed E-state index contributed by atoms with van der Waals surface area (Å²) in [4.78, 5) is 0. The third-order valence-electron chi connectivity index (χ3n) is 4.72. The zero-order valence-electron chi connectivity index (χ0n) is 14.2. The van der Waals surface area contributed by atoms with Gasteiger partial charge in [0.25, 0.3) is 0 Å². The molecule has 0 unspecified atom stereocenters. The molecule has 1 nitrogen and oxygen atoms in total. The van der Waals surface area contributed by atoms with Crippen LogP contribution in [-0.2, 0) is 6.54 Å². The van der Waals surface area contributed by atoms with Crippen molar-refractivity contribution >= 4 is 11.6 Å². The van der Waals surface area contributed by atoms with E-state index in [-0.39, 0.29) is 5.54 Å². The average Bonchev–Trinajstić information content (AvgIpc) is 2.61. The van der Waals surface area contributed by atoms with Crippen LogP contribution in [-0.4, -0.2) is 5.54 Å². The van der Waals surface area contributed by atoms with Crippen LogP contribution in [0.25, 0.3) is 0 Å². The lowest BCUT2D eigenvalue weighted by Crippen LogP contribution is -2.45. The molecule has 0 radical (unpaired) electrons. The highest BCUT2D eigenvalue weighted by molar-refractivity contribution is 6.30. The van der Waals surface area contributed by atoms with E-state index in [9.17, 15) is 0 Å². The van der Waals surface area contributed by atoms with Gasteiger partial charge in [-0.25, -0.2) is 0 Å². The summed E-state index contributed by atoms with van der Waals surface area (Å²) < 4.78 is 0. The lowest BCUT2D eigenvalue weighted by Gasteiger charge is -2.34. The van der Waals surface area contributed by atoms with Crippen LogP contribution >= 0.6 is 11.6 Å². The molecule has 1 N–H and O–H groups in total. The van der Waals surface area contributed by atoms with E-state index in [1.807, 2.05) is 18.2 Å². The monoisotopic (exact) mass is 337 g/mol. The van der Waals surface area contributed by atoms with Crippen molar-refractivity contribution in [3.8, 4) is 11.8 Å². The first-order valence-electron chi connectivity index (χ1n) is 8.75. The molecule has 2 heteroatoms. The smallest absolute Gasteiger partial charge is 0.0807 e. The summed E-state index contributed by atoms with van der Waals surface area (Å²) >= 11 is 6.10. The lowest BCUT2D eigenvalue weighted by atomic mass is 9.81. The molecule has 2 aromatic carbocycles. The molecular formula is C22H24ClN. The molecular weight excluding hydrogens is 314 g/mol. The molecule has 0 aromatic heterocycles. The topological polar surface area (TPSA) is 12.0 Å². The van der Waals surface area contributed by atoms with Gasteiger partial charge in [-0.15, -0.1) is 0 Å². The summed E-state index contributed by atoms with van der Waals surface area (Å²) in [7, 11) is 0. The van der Waals surface area contributed by atoms with Gasteiger partial charge >= 0.3 is 0 Å². The van der Waals surface area contributed by atoms with Crippen LogP contribution in [0.1, 0.15) is 48.8 Å². The summed E-state index contributed by atoms with van der Waals surface area (Å²) in [6.45, 7) is 2.91. The van der Waals surface area contributed by atoms with E-state index >= 15 is 0 Å². The number of benzene rings is 2. The van der Waals surface area contributed by atoms with Crippen molar-refractivity contribution in [3.63, 3.8) is 0 Å². The largest absolute Gasteiger partial charge is 0.297 e. The van der Waals surface area contributed by atoms with Crippen LogP contribution in [0.3, 0.4) is 0 Å². The minimum atomic E-state index is -0.0779. The first-order valence-corrected chi connectivity index (χ1v) is 9.12. The Kier molecular flexibility index (Phi) is 5.61. The fraction of sp³-hybridized carbons (Fsp3) is 0.364. The molecule has 0 spiro atoms. The predicted octanol–water partition coefficient (Wildman–Crippen LogP) is 5.49. The van der Waals surface area contributed by atoms with Crippen molar-refractivity contribution in [3.05, 3.63) is 70.2 Å². The number of hydrogen-bond donors (Lipinski definition) is 1. The van der Waals surface area contributed by atoms with Gasteiger partial charge in [-0.05, 0) is 49.6 Å². The Hall–Kier alpha value is -1.75. The van der Waals surface area contributed by atoms with Crippen LogP contribution in [0.2, 0.25) is 5.02 Å². The van der Waals surface area contributed by atoms with Crippen molar-refractivity contribution in [1.29, 1.82) is 0 Å². The van der Waals surface area contributed by atoms with Gasteiger partial charge in [0.15, 0.2) is 0 Å². The third-order valence-corrected chi connectivity index (χ3v) is 4.96. The maximum atomic E-state index is 6.10. The molecule has 2 aromatic rings. The molecule has 124 valence electrons. The van der Waals surface area contributed by atoms with E-state index in [2.05, 4.69) is 54.4 Å². The Bertz CT molecular complexity index is 731. The van der Waals surface area contributed by atoms with Crippen LogP contribution in [0.4, 0.5) is 0 Å². The van der Waals surface area contributed by atoms with E-state index in [1.54, 1.807) is 0 Å². The van der Waals surface area contributed by atoms with Gasteiger partial charge in [-0.3, -0.25) is 5.32 Å². The molecule has 0 amide bonds. The third kappa shape index (κ3) is 4.63. The second-order valence-electron chi connectivity index (χ2n) is 6.74. The number of rotatable bonds is 3. The Morgan fingerprint density at radius 3 is 2.50 bits per heavy atom. The van der Waals surface area contributed by atoms with Gasteiger partial charge in [0, 0.05) is 17.1 Å². The summed E-state index contributed by atoms with van der Waals surface area (Å²) in [5.41, 5.74) is 3.50. The molecule has 1 aliphatic rings. The normalized spacial score (nSPS) is 16.2. The van der Waals surface area contributed by atoms with Gasteiger partial charge in [0.2, 0.25) is 0 Å². The molecule has 1 aliphatic carbocycles. The Morgan fingerprint density at radius 2 is 1.79 bits per heavy atom. The summed E-state index contributed by atoms with van der Waals surface area (Å²) in [6.07, 6.45) is 6.03. The van der Waals surface area contributed by atoms with Crippen molar-refractivity contribution in [2.75, 3.05) is 0 Å². The highest BCUT2D eigenvalue weighted by atomic mass is 35.5. The second-order valence-corrected chi connectivity index (χ2v) is 7.18. The molecule has 0 aliphatic heterocycles. The molecule has 0 bridgehead atoms. The molecule has 0 atom stereocenters. The van der Waals surface area contributed by atoms with Crippen LogP contribution in [0.15, 0.2) is 48.5 Å². The number of halogens is 1. The summed E-state index contributed by atoms with van der Waals surface area (Å²) in [5, 5.41) is 4.52. The zero-order valence-corrected chi connectivity index (χ0v) is 15.0. The van der Waals surface area contributed by atoms with Gasteiger partial charge in [-0.2, -0.15) is 0 Å². The lowest BCUT2D eigenvalue weighted by molar-refractivity contribution is 0.299. The Balaban J connectivity index is 1.76. The van der Waals surface area contributed by atoms with Crippen molar-refractivity contribution in [1.82, 2.24) is 5.32 Å².